The number of halogens is 2. The lowest BCUT2D eigenvalue weighted by Crippen LogP contribution is -2.12. The number of hydrogen-bond acceptors (Lipinski definition) is 3. The van der Waals surface area contributed by atoms with Gasteiger partial charge in [0.1, 0.15) is 5.69 Å². The lowest BCUT2D eigenvalue weighted by atomic mass is 10.0. The summed E-state index contributed by atoms with van der Waals surface area (Å²) in [6, 6.07) is 11.1. The smallest absolute Gasteiger partial charge is 0.151 e. The first-order valence-electron chi connectivity index (χ1n) is 7.85. The van der Waals surface area contributed by atoms with Gasteiger partial charge in [0.15, 0.2) is 11.6 Å². The molecule has 0 bridgehead atoms. The van der Waals surface area contributed by atoms with Crippen molar-refractivity contribution >= 4 is 6.08 Å². The second-order valence-corrected chi connectivity index (χ2v) is 5.77. The number of rotatable bonds is 3. The number of fused-ring (bicyclic) bond motifs is 1. The van der Waals surface area contributed by atoms with Gasteiger partial charge in [0.25, 0.3) is 0 Å². The summed E-state index contributed by atoms with van der Waals surface area (Å²) in [5, 5.41) is 17.0. The van der Waals surface area contributed by atoms with Gasteiger partial charge in [-0.3, -0.25) is 0 Å². The number of aliphatic hydroxyl groups is 1. The zero-order valence-electron chi connectivity index (χ0n) is 13.2. The van der Waals surface area contributed by atoms with Crippen molar-refractivity contribution in [3.05, 3.63) is 77.1 Å². The summed E-state index contributed by atoms with van der Waals surface area (Å²) in [6.45, 7) is 0.414. The molecule has 2 heterocycles. The molecular formula is C19H15F2N3O. The van der Waals surface area contributed by atoms with Crippen LogP contribution in [0.2, 0.25) is 0 Å². The summed E-state index contributed by atoms with van der Waals surface area (Å²) in [6.07, 6.45) is 3.48. The van der Waals surface area contributed by atoms with Crippen LogP contribution in [0.3, 0.4) is 0 Å². The second-order valence-electron chi connectivity index (χ2n) is 5.77. The molecule has 0 radical (unpaired) electrons. The number of nitrogens with zero attached hydrogens (tertiary/aromatic N) is 2. The Morgan fingerprint density at radius 3 is 2.64 bits per heavy atom. The van der Waals surface area contributed by atoms with Crippen molar-refractivity contribution in [3.8, 4) is 16.9 Å². The van der Waals surface area contributed by atoms with E-state index in [1.807, 2.05) is 24.3 Å². The van der Waals surface area contributed by atoms with Gasteiger partial charge in [-0.05, 0) is 36.0 Å². The van der Waals surface area contributed by atoms with Crippen molar-refractivity contribution in [1.29, 1.82) is 0 Å². The standard InChI is InChI=1S/C19H15F2N3O/c20-15-5-2-6-16(21)19(15)24-17-7-8-22-10-14(17)18(23-24)13-4-1-3-12(9-13)11-25/h1-9,22,25H,10-11H2. The highest BCUT2D eigenvalue weighted by Gasteiger charge is 2.23. The van der Waals surface area contributed by atoms with E-state index < -0.39 is 11.6 Å². The molecule has 1 aliphatic rings. The molecule has 126 valence electrons. The van der Waals surface area contributed by atoms with Crippen LogP contribution in [0.25, 0.3) is 23.0 Å². The van der Waals surface area contributed by atoms with Crippen LogP contribution in [0.15, 0.2) is 48.7 Å². The van der Waals surface area contributed by atoms with Crippen molar-refractivity contribution in [2.24, 2.45) is 0 Å². The van der Waals surface area contributed by atoms with Crippen LogP contribution >= 0.6 is 0 Å². The first kappa shape index (κ1) is 15.5. The molecule has 4 nitrogen and oxygen atoms in total. The summed E-state index contributed by atoms with van der Waals surface area (Å²) in [7, 11) is 0. The van der Waals surface area contributed by atoms with E-state index in [9.17, 15) is 13.9 Å². The zero-order chi connectivity index (χ0) is 17.4. The minimum atomic E-state index is -0.673. The topological polar surface area (TPSA) is 50.1 Å². The number of para-hydroxylation sites is 1. The van der Waals surface area contributed by atoms with E-state index in [2.05, 4.69) is 10.4 Å². The molecular weight excluding hydrogens is 324 g/mol. The zero-order valence-corrected chi connectivity index (χ0v) is 13.2. The Kier molecular flexibility index (Phi) is 3.82. The molecule has 0 unspecified atom stereocenters. The molecule has 2 aromatic carbocycles. The SMILES string of the molecule is OCc1cccc(-c2nn(-c3c(F)cccc3F)c3c2CNC=C3)c1. The predicted octanol–water partition coefficient (Wildman–Crippen LogP) is 3.38. The lowest BCUT2D eigenvalue weighted by molar-refractivity contribution is 0.282. The Morgan fingerprint density at radius 2 is 1.88 bits per heavy atom. The molecule has 0 atom stereocenters. The van der Waals surface area contributed by atoms with Gasteiger partial charge in [0, 0.05) is 17.7 Å². The first-order chi connectivity index (χ1) is 12.2. The summed E-state index contributed by atoms with van der Waals surface area (Å²) in [4.78, 5) is 0. The maximum Gasteiger partial charge on any atom is 0.151 e. The minimum absolute atomic E-state index is 0.0865. The number of hydrogen-bond donors (Lipinski definition) is 2. The third-order valence-electron chi connectivity index (χ3n) is 4.19. The fourth-order valence-corrected chi connectivity index (χ4v) is 3.02. The highest BCUT2D eigenvalue weighted by molar-refractivity contribution is 5.71. The van der Waals surface area contributed by atoms with Gasteiger partial charge in [0.05, 0.1) is 18.0 Å². The molecule has 0 aliphatic carbocycles. The quantitative estimate of drug-likeness (QED) is 0.769. The molecule has 2 N–H and O–H groups in total. The predicted molar refractivity (Wildman–Crippen MR) is 90.7 cm³/mol. The number of benzene rings is 2. The Hall–Kier alpha value is -2.99. The molecule has 6 heteroatoms. The molecule has 0 fully saturated rings. The highest BCUT2D eigenvalue weighted by Crippen LogP contribution is 2.31. The van der Waals surface area contributed by atoms with E-state index in [1.54, 1.807) is 12.3 Å². The summed E-state index contributed by atoms with van der Waals surface area (Å²) in [5.74, 6) is -1.35. The maximum atomic E-state index is 14.3. The molecule has 0 saturated carbocycles. The van der Waals surface area contributed by atoms with Gasteiger partial charge in [-0.15, -0.1) is 0 Å². The van der Waals surface area contributed by atoms with Crippen molar-refractivity contribution in [3.63, 3.8) is 0 Å². The van der Waals surface area contributed by atoms with E-state index in [0.717, 1.165) is 16.7 Å². The lowest BCUT2D eigenvalue weighted by Gasteiger charge is -2.12. The van der Waals surface area contributed by atoms with Crippen LogP contribution in [-0.4, -0.2) is 14.9 Å². The Labute approximate surface area is 143 Å². The van der Waals surface area contributed by atoms with E-state index in [1.165, 1.54) is 22.9 Å². The molecule has 0 amide bonds. The van der Waals surface area contributed by atoms with Crippen LogP contribution in [0, 0.1) is 11.6 Å². The molecule has 4 rings (SSSR count). The molecule has 1 aromatic heterocycles. The highest BCUT2D eigenvalue weighted by atomic mass is 19.1. The van der Waals surface area contributed by atoms with Gasteiger partial charge in [-0.1, -0.05) is 24.3 Å². The fourth-order valence-electron chi connectivity index (χ4n) is 3.02. The Balaban J connectivity index is 1.96. The average molecular weight is 339 g/mol. The van der Waals surface area contributed by atoms with E-state index in [-0.39, 0.29) is 12.3 Å². The fraction of sp³-hybridized carbons (Fsp3) is 0.105. The average Bonchev–Trinajstić information content (AvgIpc) is 3.01. The van der Waals surface area contributed by atoms with Crippen LogP contribution in [-0.2, 0) is 13.2 Å². The molecule has 0 saturated heterocycles. The monoisotopic (exact) mass is 339 g/mol. The molecule has 3 aromatic rings. The van der Waals surface area contributed by atoms with Gasteiger partial charge in [0.2, 0.25) is 0 Å². The van der Waals surface area contributed by atoms with Crippen molar-refractivity contribution in [2.75, 3.05) is 0 Å². The molecule has 1 aliphatic heterocycles. The number of aliphatic hydroxyl groups excluding tert-OH is 1. The van der Waals surface area contributed by atoms with Gasteiger partial charge in [-0.2, -0.15) is 5.10 Å². The normalized spacial score (nSPS) is 12.8. The second kappa shape index (κ2) is 6.14. The third kappa shape index (κ3) is 2.60. The van der Waals surface area contributed by atoms with Crippen molar-refractivity contribution < 1.29 is 13.9 Å². The number of nitrogens with one attached hydrogen (secondary N) is 1. The van der Waals surface area contributed by atoms with Crippen molar-refractivity contribution in [2.45, 2.75) is 13.2 Å². The molecule has 0 spiro atoms. The van der Waals surface area contributed by atoms with Gasteiger partial charge in [-0.25, -0.2) is 13.5 Å². The third-order valence-corrected chi connectivity index (χ3v) is 4.19. The van der Waals surface area contributed by atoms with Crippen LogP contribution < -0.4 is 5.32 Å². The maximum absolute atomic E-state index is 14.3. The van der Waals surface area contributed by atoms with E-state index >= 15 is 0 Å². The molecule has 25 heavy (non-hydrogen) atoms. The van der Waals surface area contributed by atoms with E-state index in [0.29, 0.717) is 17.9 Å². The van der Waals surface area contributed by atoms with E-state index in [4.69, 9.17) is 0 Å². The first-order valence-corrected chi connectivity index (χ1v) is 7.85. The minimum Gasteiger partial charge on any atom is -0.392 e. The van der Waals surface area contributed by atoms with Crippen LogP contribution in [0.4, 0.5) is 8.78 Å². The van der Waals surface area contributed by atoms with Gasteiger partial charge >= 0.3 is 0 Å². The summed E-state index contributed by atoms with van der Waals surface area (Å²) < 4.78 is 29.8. The summed E-state index contributed by atoms with van der Waals surface area (Å²) >= 11 is 0. The Morgan fingerprint density at radius 1 is 1.12 bits per heavy atom. The van der Waals surface area contributed by atoms with Crippen LogP contribution in [0.1, 0.15) is 16.8 Å². The van der Waals surface area contributed by atoms with Gasteiger partial charge < -0.3 is 10.4 Å². The van der Waals surface area contributed by atoms with Crippen molar-refractivity contribution in [1.82, 2.24) is 15.1 Å². The largest absolute Gasteiger partial charge is 0.392 e. The Bertz CT molecular complexity index is 959. The van der Waals surface area contributed by atoms with Crippen LogP contribution in [0.5, 0.6) is 0 Å². The summed E-state index contributed by atoms with van der Waals surface area (Å²) in [5.41, 5.74) is 3.44. The number of aromatic nitrogens is 2.